The molecule has 1 unspecified atom stereocenters. The molecular weight excluding hydrogens is 434 g/mol. The van der Waals surface area contributed by atoms with Gasteiger partial charge in [-0.2, -0.15) is 0 Å². The second-order valence-electron chi connectivity index (χ2n) is 10.4. The van der Waals surface area contributed by atoms with Gasteiger partial charge >= 0.3 is 12.1 Å². The van der Waals surface area contributed by atoms with Crippen molar-refractivity contribution in [3.05, 3.63) is 35.0 Å². The van der Waals surface area contributed by atoms with Crippen LogP contribution in [0.1, 0.15) is 64.5 Å². The summed E-state index contributed by atoms with van der Waals surface area (Å²) in [5.41, 5.74) is 2.18. The monoisotopic (exact) mass is 471 g/mol. The third-order valence-corrected chi connectivity index (χ3v) is 7.15. The van der Waals surface area contributed by atoms with Crippen molar-refractivity contribution in [2.75, 3.05) is 33.9 Å². The van der Waals surface area contributed by atoms with Crippen molar-refractivity contribution in [2.24, 2.45) is 0 Å². The number of allylic oxidation sites excluding steroid dienone is 1. The predicted octanol–water partition coefficient (Wildman–Crippen LogP) is 4.73. The molecule has 186 valence electrons. The summed E-state index contributed by atoms with van der Waals surface area (Å²) in [6.45, 7) is 12.0. The van der Waals surface area contributed by atoms with Gasteiger partial charge in [0.15, 0.2) is 0 Å². The van der Waals surface area contributed by atoms with Crippen LogP contribution in [0.2, 0.25) is 0 Å². The van der Waals surface area contributed by atoms with Crippen LogP contribution in [0.4, 0.5) is 9.59 Å². The number of hydrogen-bond acceptors (Lipinski definition) is 5. The van der Waals surface area contributed by atoms with Crippen molar-refractivity contribution < 1.29 is 23.8 Å². The number of hydrogen-bond donors (Lipinski definition) is 0. The quantitative estimate of drug-likeness (QED) is 0.637. The lowest BCUT2D eigenvalue weighted by atomic mass is 9.82. The molecular formula is C26H37N3O5. The summed E-state index contributed by atoms with van der Waals surface area (Å²) in [6, 6.07) is 3.92. The molecule has 8 nitrogen and oxygen atoms in total. The average Bonchev–Trinajstić information content (AvgIpc) is 2.89. The second-order valence-corrected chi connectivity index (χ2v) is 10.4. The Balaban J connectivity index is 1.69. The SMILES string of the molecule is CCN1C(=O)N2Cc3cc(OC)cc(OC)c3C(C)C=C2C12CCN(C(=O)OC(C)(C)C)CC2. The van der Waals surface area contributed by atoms with Crippen LogP contribution in [0.3, 0.4) is 0 Å². The lowest BCUT2D eigenvalue weighted by molar-refractivity contribution is 0.0113. The maximum Gasteiger partial charge on any atom is 0.410 e. The van der Waals surface area contributed by atoms with E-state index in [1.165, 1.54) is 0 Å². The van der Waals surface area contributed by atoms with E-state index in [0.29, 0.717) is 44.8 Å². The molecule has 2 fully saturated rings. The summed E-state index contributed by atoms with van der Waals surface area (Å²) >= 11 is 0. The Kier molecular flexibility index (Phi) is 6.21. The summed E-state index contributed by atoms with van der Waals surface area (Å²) in [5.74, 6) is 1.54. The fraction of sp³-hybridized carbons (Fsp3) is 0.615. The number of carbonyl (C=O) groups excluding carboxylic acids is 2. The lowest BCUT2D eigenvalue weighted by Crippen LogP contribution is -2.55. The van der Waals surface area contributed by atoms with Crippen molar-refractivity contribution in [3.8, 4) is 11.5 Å². The van der Waals surface area contributed by atoms with Crippen molar-refractivity contribution in [2.45, 2.75) is 71.1 Å². The molecule has 34 heavy (non-hydrogen) atoms. The largest absolute Gasteiger partial charge is 0.497 e. The number of piperidine rings is 1. The number of fused-ring (bicyclic) bond motifs is 3. The number of ether oxygens (including phenoxy) is 3. The van der Waals surface area contributed by atoms with Crippen LogP contribution < -0.4 is 9.47 Å². The summed E-state index contributed by atoms with van der Waals surface area (Å²) in [7, 11) is 3.30. The predicted molar refractivity (Wildman–Crippen MR) is 129 cm³/mol. The van der Waals surface area contributed by atoms with Gasteiger partial charge in [-0.05, 0) is 52.2 Å². The number of benzene rings is 1. The number of carbonyl (C=O) groups is 2. The molecule has 1 aromatic carbocycles. The normalized spacial score (nSPS) is 21.6. The number of likely N-dealkylation sites (N-methyl/N-ethyl adjacent to an activating group) is 1. The van der Waals surface area contributed by atoms with Crippen LogP contribution in [0.5, 0.6) is 11.5 Å². The molecule has 1 aromatic rings. The molecule has 4 rings (SSSR count). The van der Waals surface area contributed by atoms with Crippen LogP contribution in [0, 0.1) is 0 Å². The fourth-order valence-electron chi connectivity index (χ4n) is 5.65. The van der Waals surface area contributed by atoms with E-state index in [2.05, 4.69) is 13.0 Å². The van der Waals surface area contributed by atoms with Gasteiger partial charge in [0, 0.05) is 42.9 Å². The highest BCUT2D eigenvalue weighted by Gasteiger charge is 2.55. The van der Waals surface area contributed by atoms with E-state index in [4.69, 9.17) is 14.2 Å². The smallest absolute Gasteiger partial charge is 0.410 e. The standard InChI is InChI=1S/C26H37N3O5/c1-8-29-23(30)28-16-18-14-19(32-6)15-20(33-7)22(18)17(2)13-21(28)26(29)9-11-27(12-10-26)24(31)34-25(3,4)5/h13-15,17H,8-12,16H2,1-7H3. The molecule has 3 amide bonds. The zero-order valence-corrected chi connectivity index (χ0v) is 21.4. The Labute approximate surface area is 202 Å². The van der Waals surface area contributed by atoms with Crippen LogP contribution in [0.25, 0.3) is 0 Å². The first-order chi connectivity index (χ1) is 16.0. The van der Waals surface area contributed by atoms with E-state index in [1.807, 2.05) is 49.6 Å². The Morgan fingerprint density at radius 1 is 1.15 bits per heavy atom. The Hall–Kier alpha value is -2.90. The van der Waals surface area contributed by atoms with Crippen LogP contribution in [-0.2, 0) is 11.3 Å². The minimum Gasteiger partial charge on any atom is -0.497 e. The first kappa shape index (κ1) is 24.2. The molecule has 0 N–H and O–H groups in total. The molecule has 3 heterocycles. The van der Waals surface area contributed by atoms with E-state index in [1.54, 1.807) is 19.1 Å². The Bertz CT molecular complexity index is 1000. The minimum absolute atomic E-state index is 0.0151. The van der Waals surface area contributed by atoms with Gasteiger partial charge in [-0.25, -0.2) is 9.59 Å². The van der Waals surface area contributed by atoms with E-state index >= 15 is 0 Å². The molecule has 0 bridgehead atoms. The molecule has 0 saturated carbocycles. The van der Waals surface area contributed by atoms with Crippen molar-refractivity contribution >= 4 is 12.1 Å². The Morgan fingerprint density at radius 3 is 2.38 bits per heavy atom. The number of rotatable bonds is 3. The molecule has 0 radical (unpaired) electrons. The number of amides is 3. The van der Waals surface area contributed by atoms with Crippen LogP contribution in [0.15, 0.2) is 23.9 Å². The van der Waals surface area contributed by atoms with Crippen molar-refractivity contribution in [3.63, 3.8) is 0 Å². The molecule has 0 aliphatic carbocycles. The highest BCUT2D eigenvalue weighted by Crippen LogP contribution is 2.49. The molecule has 1 atom stereocenters. The summed E-state index contributed by atoms with van der Waals surface area (Å²) in [6.07, 6.45) is 3.28. The van der Waals surface area contributed by atoms with Gasteiger partial charge in [-0.15, -0.1) is 0 Å². The third kappa shape index (κ3) is 3.97. The van der Waals surface area contributed by atoms with Gasteiger partial charge in [0.1, 0.15) is 17.1 Å². The molecule has 2 saturated heterocycles. The first-order valence-corrected chi connectivity index (χ1v) is 12.1. The maximum atomic E-state index is 13.7. The van der Waals surface area contributed by atoms with Gasteiger partial charge in [-0.3, -0.25) is 4.90 Å². The van der Waals surface area contributed by atoms with Crippen molar-refractivity contribution in [1.82, 2.24) is 14.7 Å². The third-order valence-electron chi connectivity index (χ3n) is 7.15. The summed E-state index contributed by atoms with van der Waals surface area (Å²) in [4.78, 5) is 32.0. The van der Waals surface area contributed by atoms with Gasteiger partial charge < -0.3 is 24.0 Å². The zero-order valence-electron chi connectivity index (χ0n) is 21.4. The average molecular weight is 472 g/mol. The molecule has 3 aliphatic rings. The zero-order chi connectivity index (χ0) is 24.8. The van der Waals surface area contributed by atoms with Gasteiger partial charge in [-0.1, -0.05) is 13.0 Å². The molecule has 0 aromatic heterocycles. The molecule has 1 spiro atoms. The molecule has 8 heteroatoms. The van der Waals surface area contributed by atoms with Gasteiger partial charge in [0.2, 0.25) is 0 Å². The van der Waals surface area contributed by atoms with Gasteiger partial charge in [0.05, 0.1) is 26.3 Å². The first-order valence-electron chi connectivity index (χ1n) is 12.1. The Morgan fingerprint density at radius 2 is 1.82 bits per heavy atom. The fourth-order valence-corrected chi connectivity index (χ4v) is 5.65. The topological polar surface area (TPSA) is 71.6 Å². The van der Waals surface area contributed by atoms with Crippen LogP contribution in [-0.4, -0.2) is 71.8 Å². The minimum atomic E-state index is -0.535. The van der Waals surface area contributed by atoms with Crippen LogP contribution >= 0.6 is 0 Å². The summed E-state index contributed by atoms with van der Waals surface area (Å²) < 4.78 is 16.8. The number of likely N-dealkylation sites (tertiary alicyclic amines) is 1. The second kappa shape index (κ2) is 8.71. The van der Waals surface area contributed by atoms with Gasteiger partial charge in [0.25, 0.3) is 0 Å². The maximum absolute atomic E-state index is 13.7. The van der Waals surface area contributed by atoms with E-state index in [0.717, 1.165) is 22.6 Å². The van der Waals surface area contributed by atoms with E-state index < -0.39 is 11.1 Å². The highest BCUT2D eigenvalue weighted by atomic mass is 16.6. The summed E-state index contributed by atoms with van der Waals surface area (Å²) in [5, 5.41) is 0. The highest BCUT2D eigenvalue weighted by molar-refractivity contribution is 5.83. The van der Waals surface area contributed by atoms with E-state index in [-0.39, 0.29) is 18.0 Å². The molecule has 3 aliphatic heterocycles. The number of nitrogens with zero attached hydrogens (tertiary/aromatic N) is 3. The lowest BCUT2D eigenvalue weighted by Gasteiger charge is -2.44. The number of urea groups is 1. The number of methoxy groups -OCH3 is 2. The van der Waals surface area contributed by atoms with E-state index in [9.17, 15) is 9.59 Å². The van der Waals surface area contributed by atoms with Crippen molar-refractivity contribution in [1.29, 1.82) is 0 Å².